The molecule has 1 aliphatic heterocycles. The van der Waals surface area contributed by atoms with Crippen molar-refractivity contribution in [2.75, 3.05) is 20.2 Å². The van der Waals surface area contributed by atoms with Crippen LogP contribution in [-0.2, 0) is 9.53 Å². The number of rotatable bonds is 5. The van der Waals surface area contributed by atoms with Gasteiger partial charge in [-0.1, -0.05) is 54.6 Å². The van der Waals surface area contributed by atoms with E-state index in [2.05, 4.69) is 29.2 Å². The number of ether oxygens (including phenoxy) is 1. The fraction of sp³-hybridized carbons (Fsp3) is 0.364. The van der Waals surface area contributed by atoms with Crippen LogP contribution < -0.4 is 0 Å². The van der Waals surface area contributed by atoms with E-state index in [-0.39, 0.29) is 17.9 Å². The van der Waals surface area contributed by atoms with Crippen molar-refractivity contribution in [3.8, 4) is 11.3 Å². The summed E-state index contributed by atoms with van der Waals surface area (Å²) in [5, 5.41) is 0. The molecule has 1 aliphatic carbocycles. The van der Waals surface area contributed by atoms with Crippen LogP contribution in [0.25, 0.3) is 11.3 Å². The van der Waals surface area contributed by atoms with E-state index in [0.717, 1.165) is 30.8 Å². The van der Waals surface area contributed by atoms with Crippen LogP contribution in [0.4, 0.5) is 0 Å². The summed E-state index contributed by atoms with van der Waals surface area (Å²) in [4.78, 5) is 19.2. The second kappa shape index (κ2) is 7.92. The molecule has 0 spiro atoms. The highest BCUT2D eigenvalue weighted by atomic mass is 16.5. The monoisotopic (exact) mass is 364 g/mol. The Morgan fingerprint density at radius 3 is 2.89 bits per heavy atom. The highest BCUT2D eigenvalue weighted by Crippen LogP contribution is 2.34. The van der Waals surface area contributed by atoms with Crippen molar-refractivity contribution < 1.29 is 13.9 Å². The molecule has 0 N–H and O–H groups in total. The van der Waals surface area contributed by atoms with E-state index in [1.807, 2.05) is 30.3 Å². The summed E-state index contributed by atoms with van der Waals surface area (Å²) >= 11 is 0. The van der Waals surface area contributed by atoms with Gasteiger partial charge in [-0.2, -0.15) is 0 Å². The molecule has 5 heteroatoms. The lowest BCUT2D eigenvalue weighted by Gasteiger charge is -2.26. The molecule has 1 aromatic heterocycles. The summed E-state index contributed by atoms with van der Waals surface area (Å²) in [7, 11) is 1.45. The largest absolute Gasteiger partial charge is 0.468 e. The first-order valence-electron chi connectivity index (χ1n) is 9.40. The minimum absolute atomic E-state index is 0.0923. The molecule has 1 unspecified atom stereocenters. The van der Waals surface area contributed by atoms with Gasteiger partial charge in [0.2, 0.25) is 0 Å². The number of likely N-dealkylation sites (tertiary alicyclic amines) is 1. The van der Waals surface area contributed by atoms with Gasteiger partial charge in [-0.25, -0.2) is 4.98 Å². The number of nitrogens with zero attached hydrogens (tertiary/aromatic N) is 2. The van der Waals surface area contributed by atoms with E-state index in [1.165, 1.54) is 7.11 Å². The zero-order valence-corrected chi connectivity index (χ0v) is 15.5. The Bertz CT molecular complexity index is 840. The molecule has 0 radical (unpaired) electrons. The molecule has 140 valence electrons. The number of allylic oxidation sites excluding steroid dienone is 3. The lowest BCUT2D eigenvalue weighted by Crippen LogP contribution is -2.39. The Morgan fingerprint density at radius 1 is 1.30 bits per heavy atom. The molecule has 0 amide bonds. The number of esters is 1. The molecule has 2 aliphatic rings. The van der Waals surface area contributed by atoms with E-state index >= 15 is 0 Å². The number of methoxy groups -OCH3 is 1. The molecule has 4 rings (SSSR count). The predicted octanol–water partition coefficient (Wildman–Crippen LogP) is 3.80. The van der Waals surface area contributed by atoms with Gasteiger partial charge >= 0.3 is 5.97 Å². The minimum Gasteiger partial charge on any atom is -0.468 e. The molecule has 1 fully saturated rings. The summed E-state index contributed by atoms with van der Waals surface area (Å²) in [6, 6.07) is 9.74. The molecule has 3 atom stereocenters. The third-order valence-electron chi connectivity index (χ3n) is 5.36. The average Bonchev–Trinajstić information content (AvgIpc) is 3.36. The maximum atomic E-state index is 12.3. The maximum absolute atomic E-state index is 12.3. The fourth-order valence-electron chi connectivity index (χ4n) is 3.95. The third kappa shape index (κ3) is 3.88. The zero-order valence-electron chi connectivity index (χ0n) is 15.5. The second-order valence-corrected chi connectivity index (χ2v) is 7.17. The van der Waals surface area contributed by atoms with Crippen molar-refractivity contribution in [3.63, 3.8) is 0 Å². The lowest BCUT2D eigenvalue weighted by atomic mass is 10.00. The highest BCUT2D eigenvalue weighted by molar-refractivity contribution is 5.76. The van der Waals surface area contributed by atoms with Crippen molar-refractivity contribution >= 4 is 5.97 Å². The van der Waals surface area contributed by atoms with Crippen molar-refractivity contribution in [3.05, 3.63) is 66.8 Å². The predicted molar refractivity (Wildman–Crippen MR) is 103 cm³/mol. The van der Waals surface area contributed by atoms with Crippen LogP contribution in [0.5, 0.6) is 0 Å². The van der Waals surface area contributed by atoms with Gasteiger partial charge in [-0.05, 0) is 18.8 Å². The number of hydrogen-bond acceptors (Lipinski definition) is 5. The molecule has 1 aromatic carbocycles. The topological polar surface area (TPSA) is 55.6 Å². The Kier molecular flexibility index (Phi) is 5.21. The van der Waals surface area contributed by atoms with Crippen molar-refractivity contribution in [1.29, 1.82) is 0 Å². The zero-order chi connectivity index (χ0) is 18.6. The smallest absolute Gasteiger partial charge is 0.323 e. The van der Waals surface area contributed by atoms with E-state index < -0.39 is 0 Å². The maximum Gasteiger partial charge on any atom is 0.323 e. The second-order valence-electron chi connectivity index (χ2n) is 7.17. The van der Waals surface area contributed by atoms with Gasteiger partial charge in [0.25, 0.3) is 0 Å². The summed E-state index contributed by atoms with van der Waals surface area (Å²) in [6.07, 6.45) is 11.9. The van der Waals surface area contributed by atoms with E-state index in [0.29, 0.717) is 18.2 Å². The van der Waals surface area contributed by atoms with Crippen LogP contribution >= 0.6 is 0 Å². The number of carbonyl (C=O) groups excluding carboxylic acids is 1. The summed E-state index contributed by atoms with van der Waals surface area (Å²) in [6.45, 7) is 1.59. The first-order chi connectivity index (χ1) is 13.2. The van der Waals surface area contributed by atoms with Crippen LogP contribution in [0.1, 0.15) is 24.7 Å². The van der Waals surface area contributed by atoms with Crippen LogP contribution in [0.2, 0.25) is 0 Å². The standard InChI is InChI=1S/C22H24N2O3/c1-26-22(25)20-12-18(14-24(20)13-16-8-4-2-5-9-16)21-23-19(15-27-21)17-10-6-3-7-11-17/h2-8,10-11,15-16,18,20H,9,12-14H2,1H3/t16?,18-,20+/m1/s1. The van der Waals surface area contributed by atoms with E-state index in [4.69, 9.17) is 14.1 Å². The summed E-state index contributed by atoms with van der Waals surface area (Å²) in [5.41, 5.74) is 1.87. The molecule has 0 bridgehead atoms. The van der Waals surface area contributed by atoms with Gasteiger partial charge in [0.1, 0.15) is 18.0 Å². The third-order valence-corrected chi connectivity index (χ3v) is 5.36. The number of aromatic nitrogens is 1. The van der Waals surface area contributed by atoms with Gasteiger partial charge < -0.3 is 9.15 Å². The quantitative estimate of drug-likeness (QED) is 0.755. The normalized spacial score (nSPS) is 25.0. The fourth-order valence-corrected chi connectivity index (χ4v) is 3.95. The van der Waals surface area contributed by atoms with Crippen molar-refractivity contribution in [2.24, 2.45) is 5.92 Å². The first kappa shape index (κ1) is 17.7. The van der Waals surface area contributed by atoms with Gasteiger partial charge in [0.05, 0.1) is 13.0 Å². The Morgan fingerprint density at radius 2 is 2.15 bits per heavy atom. The van der Waals surface area contributed by atoms with Crippen LogP contribution in [0, 0.1) is 5.92 Å². The van der Waals surface area contributed by atoms with E-state index in [9.17, 15) is 4.79 Å². The van der Waals surface area contributed by atoms with Crippen molar-refractivity contribution in [1.82, 2.24) is 9.88 Å². The lowest BCUT2D eigenvalue weighted by molar-refractivity contribution is -0.146. The molecule has 2 aromatic rings. The average molecular weight is 364 g/mol. The van der Waals surface area contributed by atoms with E-state index in [1.54, 1.807) is 6.26 Å². The molecule has 27 heavy (non-hydrogen) atoms. The van der Waals surface area contributed by atoms with Crippen molar-refractivity contribution in [2.45, 2.75) is 24.8 Å². The SMILES string of the molecule is COC(=O)[C@@H]1C[C@@H](c2nc(-c3ccccc3)co2)CN1CC1C=CC=CC1. The van der Waals surface area contributed by atoms with Crippen LogP contribution in [-0.4, -0.2) is 42.1 Å². The Labute approximate surface area is 159 Å². The number of hydrogen-bond donors (Lipinski definition) is 0. The minimum atomic E-state index is -0.244. The number of oxazole rings is 1. The molecule has 0 saturated carbocycles. The summed E-state index contributed by atoms with van der Waals surface area (Å²) < 4.78 is 10.8. The van der Waals surface area contributed by atoms with Gasteiger partial charge in [0.15, 0.2) is 5.89 Å². The molecular weight excluding hydrogens is 340 g/mol. The molecular formula is C22H24N2O3. The number of carbonyl (C=O) groups is 1. The molecule has 5 nitrogen and oxygen atoms in total. The van der Waals surface area contributed by atoms with Crippen LogP contribution in [0.3, 0.4) is 0 Å². The number of benzene rings is 1. The first-order valence-corrected chi connectivity index (χ1v) is 9.40. The Balaban J connectivity index is 1.50. The summed E-state index contributed by atoms with van der Waals surface area (Å²) in [5.74, 6) is 1.03. The van der Waals surface area contributed by atoms with Crippen LogP contribution in [0.15, 0.2) is 65.3 Å². The van der Waals surface area contributed by atoms with Gasteiger partial charge in [0, 0.05) is 18.7 Å². The highest BCUT2D eigenvalue weighted by Gasteiger charge is 2.40. The molecule has 2 heterocycles. The van der Waals surface area contributed by atoms with Gasteiger partial charge in [-0.3, -0.25) is 9.69 Å². The molecule has 1 saturated heterocycles. The Hall–Kier alpha value is -2.66. The van der Waals surface area contributed by atoms with Gasteiger partial charge in [-0.15, -0.1) is 0 Å².